The summed E-state index contributed by atoms with van der Waals surface area (Å²) in [5.74, 6) is -0.562. The van der Waals surface area contributed by atoms with E-state index in [0.717, 1.165) is 23.7 Å². The third-order valence-corrected chi connectivity index (χ3v) is 3.54. The SMILES string of the molecule is Cc1nnsc1C(=O)Nc1ccc(Cl)c(C(F)(F)F)c1. The van der Waals surface area contributed by atoms with Crippen LogP contribution in [0.15, 0.2) is 18.2 Å². The molecule has 0 radical (unpaired) electrons. The van der Waals surface area contributed by atoms with Gasteiger partial charge in [0.15, 0.2) is 0 Å². The predicted octanol–water partition coefficient (Wildman–Crippen LogP) is 3.77. The van der Waals surface area contributed by atoms with Gasteiger partial charge in [0, 0.05) is 5.69 Å². The third-order valence-electron chi connectivity index (χ3n) is 2.39. The summed E-state index contributed by atoms with van der Waals surface area (Å²) in [7, 11) is 0. The fourth-order valence-electron chi connectivity index (χ4n) is 1.45. The lowest BCUT2D eigenvalue weighted by Gasteiger charge is -2.11. The first kappa shape index (κ1) is 14.7. The van der Waals surface area contributed by atoms with Crippen molar-refractivity contribution in [1.82, 2.24) is 9.59 Å². The van der Waals surface area contributed by atoms with Crippen LogP contribution in [-0.2, 0) is 6.18 Å². The zero-order chi connectivity index (χ0) is 14.9. The number of carbonyl (C=O) groups excluding carboxylic acids is 1. The third kappa shape index (κ3) is 3.07. The number of hydrogen-bond donors (Lipinski definition) is 1. The number of halogens is 4. The Kier molecular flexibility index (Phi) is 3.96. The van der Waals surface area contributed by atoms with Crippen molar-refractivity contribution < 1.29 is 18.0 Å². The number of nitrogens with one attached hydrogen (secondary N) is 1. The van der Waals surface area contributed by atoms with Crippen LogP contribution >= 0.6 is 23.1 Å². The molecular weight excluding hydrogens is 315 g/mol. The number of anilines is 1. The molecule has 20 heavy (non-hydrogen) atoms. The standard InChI is InChI=1S/C11H7ClF3N3OS/c1-5-9(20-18-17-5)10(19)16-6-2-3-8(12)7(4-6)11(13,14)15/h2-4H,1H3,(H,16,19). The van der Waals surface area contributed by atoms with Crippen LogP contribution in [0.4, 0.5) is 18.9 Å². The lowest BCUT2D eigenvalue weighted by molar-refractivity contribution is -0.137. The van der Waals surface area contributed by atoms with E-state index < -0.39 is 22.7 Å². The van der Waals surface area contributed by atoms with Gasteiger partial charge in [-0.25, -0.2) is 0 Å². The molecule has 1 aromatic heterocycles. The van der Waals surface area contributed by atoms with Crippen LogP contribution in [0.5, 0.6) is 0 Å². The molecular formula is C11H7ClF3N3OS. The summed E-state index contributed by atoms with van der Waals surface area (Å²) < 4.78 is 41.7. The molecule has 0 aliphatic heterocycles. The van der Waals surface area contributed by atoms with E-state index in [9.17, 15) is 18.0 Å². The van der Waals surface area contributed by atoms with E-state index in [1.807, 2.05) is 0 Å². The van der Waals surface area contributed by atoms with Crippen LogP contribution in [0.1, 0.15) is 20.9 Å². The molecule has 0 spiro atoms. The molecule has 0 aliphatic carbocycles. The van der Waals surface area contributed by atoms with E-state index in [4.69, 9.17) is 11.6 Å². The zero-order valence-corrected chi connectivity index (χ0v) is 11.5. The molecule has 1 amide bonds. The highest BCUT2D eigenvalue weighted by atomic mass is 35.5. The molecule has 0 bridgehead atoms. The summed E-state index contributed by atoms with van der Waals surface area (Å²) in [6, 6.07) is 3.15. The molecule has 2 aromatic rings. The molecule has 0 unspecified atom stereocenters. The van der Waals surface area contributed by atoms with Gasteiger partial charge in [-0.1, -0.05) is 16.1 Å². The molecule has 1 aromatic carbocycles. The largest absolute Gasteiger partial charge is 0.417 e. The van der Waals surface area contributed by atoms with Crippen molar-refractivity contribution in [3.63, 3.8) is 0 Å². The fraction of sp³-hybridized carbons (Fsp3) is 0.182. The lowest BCUT2D eigenvalue weighted by Crippen LogP contribution is -2.13. The van der Waals surface area contributed by atoms with Crippen molar-refractivity contribution in [1.29, 1.82) is 0 Å². The summed E-state index contributed by atoms with van der Waals surface area (Å²) in [6.07, 6.45) is -4.58. The van der Waals surface area contributed by atoms with Crippen LogP contribution in [-0.4, -0.2) is 15.5 Å². The van der Waals surface area contributed by atoms with Gasteiger partial charge in [-0.2, -0.15) is 13.2 Å². The second-order valence-electron chi connectivity index (χ2n) is 3.83. The number of rotatable bonds is 2. The number of alkyl halides is 3. The Morgan fingerprint density at radius 3 is 2.65 bits per heavy atom. The zero-order valence-electron chi connectivity index (χ0n) is 9.95. The van der Waals surface area contributed by atoms with E-state index in [0.29, 0.717) is 5.69 Å². The number of aryl methyl sites for hydroxylation is 1. The van der Waals surface area contributed by atoms with Gasteiger partial charge in [0.05, 0.1) is 16.3 Å². The van der Waals surface area contributed by atoms with Crippen LogP contribution in [0.3, 0.4) is 0 Å². The number of amides is 1. The molecule has 1 N–H and O–H groups in total. The van der Waals surface area contributed by atoms with E-state index in [1.165, 1.54) is 6.07 Å². The average molecular weight is 322 g/mol. The maximum absolute atomic E-state index is 12.7. The van der Waals surface area contributed by atoms with Gasteiger partial charge in [0.2, 0.25) is 0 Å². The van der Waals surface area contributed by atoms with Gasteiger partial charge >= 0.3 is 6.18 Å². The van der Waals surface area contributed by atoms with Crippen LogP contribution in [0.25, 0.3) is 0 Å². The van der Waals surface area contributed by atoms with Gasteiger partial charge in [0.1, 0.15) is 4.88 Å². The van der Waals surface area contributed by atoms with Crippen LogP contribution in [0, 0.1) is 6.92 Å². The topological polar surface area (TPSA) is 54.9 Å². The second kappa shape index (κ2) is 5.37. The van der Waals surface area contributed by atoms with Crippen molar-refractivity contribution in [2.45, 2.75) is 13.1 Å². The van der Waals surface area contributed by atoms with Crippen molar-refractivity contribution in [3.05, 3.63) is 39.4 Å². The van der Waals surface area contributed by atoms with Crippen molar-refractivity contribution in [2.24, 2.45) is 0 Å². The Bertz CT molecular complexity index is 657. The lowest BCUT2D eigenvalue weighted by atomic mass is 10.2. The predicted molar refractivity (Wildman–Crippen MR) is 69.1 cm³/mol. The first-order valence-corrected chi connectivity index (χ1v) is 6.41. The van der Waals surface area contributed by atoms with Gasteiger partial charge in [-0.05, 0) is 36.7 Å². The van der Waals surface area contributed by atoms with Crippen molar-refractivity contribution in [2.75, 3.05) is 5.32 Å². The molecule has 0 fully saturated rings. The minimum absolute atomic E-state index is 0.000440. The Labute approximate surface area is 120 Å². The first-order chi connectivity index (χ1) is 9.29. The summed E-state index contributed by atoms with van der Waals surface area (Å²) in [5.41, 5.74) is -0.590. The maximum Gasteiger partial charge on any atom is 0.417 e. The van der Waals surface area contributed by atoms with E-state index in [-0.39, 0.29) is 10.6 Å². The van der Waals surface area contributed by atoms with Crippen LogP contribution < -0.4 is 5.32 Å². The number of carbonyl (C=O) groups is 1. The van der Waals surface area contributed by atoms with E-state index >= 15 is 0 Å². The first-order valence-electron chi connectivity index (χ1n) is 5.26. The maximum atomic E-state index is 12.7. The monoisotopic (exact) mass is 321 g/mol. The van der Waals surface area contributed by atoms with E-state index in [1.54, 1.807) is 6.92 Å². The second-order valence-corrected chi connectivity index (χ2v) is 5.00. The molecule has 9 heteroatoms. The smallest absolute Gasteiger partial charge is 0.321 e. The van der Waals surface area contributed by atoms with Gasteiger partial charge in [-0.3, -0.25) is 4.79 Å². The molecule has 0 saturated carbocycles. The summed E-state index contributed by atoms with van der Waals surface area (Å²) in [6.45, 7) is 1.58. The highest BCUT2D eigenvalue weighted by Crippen LogP contribution is 2.36. The quantitative estimate of drug-likeness (QED) is 0.916. The molecule has 2 rings (SSSR count). The Hall–Kier alpha value is -1.67. The number of nitrogens with zero attached hydrogens (tertiary/aromatic N) is 2. The van der Waals surface area contributed by atoms with Crippen molar-refractivity contribution in [3.8, 4) is 0 Å². The Morgan fingerprint density at radius 2 is 2.10 bits per heavy atom. The van der Waals surface area contributed by atoms with Gasteiger partial charge < -0.3 is 5.32 Å². The van der Waals surface area contributed by atoms with Crippen LogP contribution in [0.2, 0.25) is 5.02 Å². The number of benzene rings is 1. The van der Waals surface area contributed by atoms with Gasteiger partial charge in [-0.15, -0.1) is 5.10 Å². The Morgan fingerprint density at radius 1 is 1.40 bits per heavy atom. The number of aromatic nitrogens is 2. The highest BCUT2D eigenvalue weighted by molar-refractivity contribution is 7.08. The minimum atomic E-state index is -4.58. The normalized spacial score (nSPS) is 11.4. The molecule has 1 heterocycles. The van der Waals surface area contributed by atoms with Crippen molar-refractivity contribution >= 4 is 34.7 Å². The van der Waals surface area contributed by atoms with Gasteiger partial charge in [0.25, 0.3) is 5.91 Å². The fourth-order valence-corrected chi connectivity index (χ4v) is 2.22. The minimum Gasteiger partial charge on any atom is -0.321 e. The summed E-state index contributed by atoms with van der Waals surface area (Å²) in [4.78, 5) is 12.1. The highest BCUT2D eigenvalue weighted by Gasteiger charge is 2.33. The molecule has 0 aliphatic rings. The summed E-state index contributed by atoms with van der Waals surface area (Å²) in [5, 5.41) is 5.59. The molecule has 0 saturated heterocycles. The number of hydrogen-bond acceptors (Lipinski definition) is 4. The Balaban J connectivity index is 2.27. The summed E-state index contributed by atoms with van der Waals surface area (Å²) >= 11 is 6.36. The van der Waals surface area contributed by atoms with E-state index in [2.05, 4.69) is 14.9 Å². The average Bonchev–Trinajstić information content (AvgIpc) is 2.76. The molecule has 0 atom stereocenters. The molecule has 106 valence electrons. The molecule has 4 nitrogen and oxygen atoms in total.